The molecule has 0 atom stereocenters. The van der Waals surface area contributed by atoms with Crippen molar-refractivity contribution < 1.29 is 9.53 Å². The fourth-order valence-electron chi connectivity index (χ4n) is 1.16. The first-order chi connectivity index (χ1) is 7.78. The van der Waals surface area contributed by atoms with Gasteiger partial charge in [0, 0.05) is 5.69 Å². The summed E-state index contributed by atoms with van der Waals surface area (Å²) in [6, 6.07) is 3.63. The van der Waals surface area contributed by atoms with E-state index in [9.17, 15) is 4.79 Å². The number of nitrogens with two attached hydrogens (primary N) is 1. The fourth-order valence-corrected chi connectivity index (χ4v) is 1.91. The zero-order valence-corrected chi connectivity index (χ0v) is 11.4. The molecule has 0 spiro atoms. The Kier molecular flexibility index (Phi) is 4.40. The number of hydrogen-bond acceptors (Lipinski definition) is 5. The lowest BCUT2D eigenvalue weighted by atomic mass is 10.2. The normalized spacial score (nSPS) is 11.3. The topological polar surface area (TPSA) is 65.2 Å². The second-order valence-corrected chi connectivity index (χ2v) is 5.69. The van der Waals surface area contributed by atoms with Crippen LogP contribution in [0.5, 0.6) is 0 Å². The van der Waals surface area contributed by atoms with E-state index in [1.54, 1.807) is 6.07 Å². The van der Waals surface area contributed by atoms with E-state index >= 15 is 0 Å². The van der Waals surface area contributed by atoms with E-state index in [1.807, 2.05) is 33.8 Å². The zero-order valence-electron chi connectivity index (χ0n) is 10.6. The number of thioether (sulfide) groups is 1. The number of pyridine rings is 1. The molecule has 5 heteroatoms. The summed E-state index contributed by atoms with van der Waals surface area (Å²) in [6.45, 7) is 7.41. The van der Waals surface area contributed by atoms with Crippen LogP contribution in [-0.2, 0) is 9.53 Å². The number of carbonyl (C=O) groups is 1. The molecule has 1 aromatic heterocycles. The van der Waals surface area contributed by atoms with Gasteiger partial charge < -0.3 is 10.5 Å². The minimum atomic E-state index is -0.455. The first kappa shape index (κ1) is 13.8. The minimum Gasteiger partial charge on any atom is -0.459 e. The molecule has 0 amide bonds. The molecular formula is C12H18N2O2S. The van der Waals surface area contributed by atoms with E-state index in [2.05, 4.69) is 4.98 Å². The van der Waals surface area contributed by atoms with Crippen LogP contribution in [-0.4, -0.2) is 22.3 Å². The van der Waals surface area contributed by atoms with Gasteiger partial charge in [0.05, 0.1) is 11.4 Å². The molecule has 1 rings (SSSR count). The summed E-state index contributed by atoms with van der Waals surface area (Å²) < 4.78 is 5.20. The summed E-state index contributed by atoms with van der Waals surface area (Å²) in [5.41, 5.74) is 6.78. The van der Waals surface area contributed by atoms with Gasteiger partial charge in [0.15, 0.2) is 0 Å². The molecule has 0 aliphatic carbocycles. The van der Waals surface area contributed by atoms with Crippen molar-refractivity contribution in [3.05, 3.63) is 17.8 Å². The summed E-state index contributed by atoms with van der Waals surface area (Å²) in [5.74, 6) is -0.0389. The lowest BCUT2D eigenvalue weighted by Crippen LogP contribution is -2.24. The molecular weight excluding hydrogens is 236 g/mol. The molecule has 0 aromatic carbocycles. The van der Waals surface area contributed by atoms with Crippen molar-refractivity contribution in [2.45, 2.75) is 38.3 Å². The predicted molar refractivity (Wildman–Crippen MR) is 70.0 cm³/mol. The lowest BCUT2D eigenvalue weighted by Gasteiger charge is -2.19. The van der Waals surface area contributed by atoms with Gasteiger partial charge in [-0.05, 0) is 39.8 Å². The summed E-state index contributed by atoms with van der Waals surface area (Å²) >= 11 is 1.30. The van der Waals surface area contributed by atoms with E-state index in [0.717, 1.165) is 5.69 Å². The van der Waals surface area contributed by atoms with Crippen LogP contribution in [0.25, 0.3) is 0 Å². The number of hydrogen-bond donors (Lipinski definition) is 1. The maximum absolute atomic E-state index is 11.5. The third-order valence-electron chi connectivity index (χ3n) is 1.78. The Balaban J connectivity index is 2.56. The largest absolute Gasteiger partial charge is 0.459 e. The number of anilines is 1. The Morgan fingerprint density at radius 1 is 1.47 bits per heavy atom. The van der Waals surface area contributed by atoms with E-state index in [1.165, 1.54) is 11.8 Å². The predicted octanol–water partition coefficient (Wildman–Crippen LogP) is 2.41. The van der Waals surface area contributed by atoms with Gasteiger partial charge in [-0.1, -0.05) is 11.8 Å². The number of aryl methyl sites for hydroxylation is 1. The number of carbonyl (C=O) groups excluding carboxylic acids is 1. The van der Waals surface area contributed by atoms with Crippen LogP contribution in [0.1, 0.15) is 26.5 Å². The Morgan fingerprint density at radius 2 is 2.12 bits per heavy atom. The van der Waals surface area contributed by atoms with Crippen molar-refractivity contribution in [3.63, 3.8) is 0 Å². The SMILES string of the molecule is Cc1ccc(N)c(SCC(=O)OC(C)(C)C)n1. The quantitative estimate of drug-likeness (QED) is 0.663. The van der Waals surface area contributed by atoms with E-state index in [4.69, 9.17) is 10.5 Å². The summed E-state index contributed by atoms with van der Waals surface area (Å²) in [4.78, 5) is 15.8. The fraction of sp³-hybridized carbons (Fsp3) is 0.500. The maximum Gasteiger partial charge on any atom is 0.316 e. The second-order valence-electron chi connectivity index (χ2n) is 4.72. The highest BCUT2D eigenvalue weighted by Crippen LogP contribution is 2.23. The lowest BCUT2D eigenvalue weighted by molar-refractivity contribution is -0.151. The minimum absolute atomic E-state index is 0.220. The molecule has 17 heavy (non-hydrogen) atoms. The molecule has 0 bridgehead atoms. The standard InChI is InChI=1S/C12H18N2O2S/c1-8-5-6-9(13)11(14-8)17-7-10(15)16-12(2,3)4/h5-6H,7,13H2,1-4H3. The first-order valence-electron chi connectivity index (χ1n) is 5.36. The average molecular weight is 254 g/mol. The van der Waals surface area contributed by atoms with Crippen molar-refractivity contribution >= 4 is 23.4 Å². The van der Waals surface area contributed by atoms with Crippen LogP contribution < -0.4 is 5.73 Å². The first-order valence-corrected chi connectivity index (χ1v) is 6.34. The van der Waals surface area contributed by atoms with Crippen molar-refractivity contribution in [1.82, 2.24) is 4.98 Å². The summed E-state index contributed by atoms with van der Waals surface area (Å²) in [6.07, 6.45) is 0. The molecule has 0 saturated carbocycles. The number of ether oxygens (including phenoxy) is 1. The Morgan fingerprint density at radius 3 is 2.71 bits per heavy atom. The molecule has 94 valence electrons. The summed E-state index contributed by atoms with van der Waals surface area (Å²) in [5, 5.41) is 0.677. The molecule has 0 aliphatic rings. The molecule has 0 aliphatic heterocycles. The van der Waals surface area contributed by atoms with Crippen LogP contribution in [0.2, 0.25) is 0 Å². The average Bonchev–Trinajstić information content (AvgIpc) is 2.17. The molecule has 1 heterocycles. The Bertz CT molecular complexity index is 413. The van der Waals surface area contributed by atoms with Crippen LogP contribution in [0.4, 0.5) is 5.69 Å². The van der Waals surface area contributed by atoms with Gasteiger partial charge in [-0.3, -0.25) is 4.79 Å². The number of aromatic nitrogens is 1. The Labute approximate surface area is 106 Å². The molecule has 4 nitrogen and oxygen atoms in total. The maximum atomic E-state index is 11.5. The van der Waals surface area contributed by atoms with E-state index < -0.39 is 5.60 Å². The van der Waals surface area contributed by atoms with Gasteiger partial charge in [-0.25, -0.2) is 4.98 Å². The molecule has 2 N–H and O–H groups in total. The van der Waals surface area contributed by atoms with Crippen LogP contribution >= 0.6 is 11.8 Å². The van der Waals surface area contributed by atoms with Crippen LogP contribution in [0.3, 0.4) is 0 Å². The van der Waals surface area contributed by atoms with Crippen molar-refractivity contribution in [3.8, 4) is 0 Å². The smallest absolute Gasteiger partial charge is 0.316 e. The molecule has 0 radical (unpaired) electrons. The van der Waals surface area contributed by atoms with Gasteiger partial charge in [0.1, 0.15) is 10.6 Å². The van der Waals surface area contributed by atoms with Crippen molar-refractivity contribution in [1.29, 1.82) is 0 Å². The number of rotatable bonds is 3. The highest BCUT2D eigenvalue weighted by atomic mass is 32.2. The van der Waals surface area contributed by atoms with Gasteiger partial charge >= 0.3 is 5.97 Å². The molecule has 0 saturated heterocycles. The third-order valence-corrected chi connectivity index (χ3v) is 2.76. The van der Waals surface area contributed by atoms with Gasteiger partial charge in [0.2, 0.25) is 0 Å². The highest BCUT2D eigenvalue weighted by Gasteiger charge is 2.16. The number of nitrogens with zero attached hydrogens (tertiary/aromatic N) is 1. The molecule has 0 unspecified atom stereocenters. The van der Waals surface area contributed by atoms with E-state index in [-0.39, 0.29) is 11.7 Å². The van der Waals surface area contributed by atoms with Crippen molar-refractivity contribution in [2.75, 3.05) is 11.5 Å². The van der Waals surface area contributed by atoms with Gasteiger partial charge in [-0.2, -0.15) is 0 Å². The number of esters is 1. The van der Waals surface area contributed by atoms with Gasteiger partial charge in [-0.15, -0.1) is 0 Å². The highest BCUT2D eigenvalue weighted by molar-refractivity contribution is 8.00. The second kappa shape index (κ2) is 5.40. The van der Waals surface area contributed by atoms with E-state index in [0.29, 0.717) is 10.7 Å². The number of nitrogen functional groups attached to an aromatic ring is 1. The van der Waals surface area contributed by atoms with Crippen molar-refractivity contribution in [2.24, 2.45) is 0 Å². The van der Waals surface area contributed by atoms with Crippen LogP contribution in [0.15, 0.2) is 17.2 Å². The molecule has 1 aromatic rings. The third kappa shape index (κ3) is 5.08. The monoisotopic (exact) mass is 254 g/mol. The molecule has 0 fully saturated rings. The Hall–Kier alpha value is -1.23. The summed E-state index contributed by atoms with van der Waals surface area (Å²) in [7, 11) is 0. The van der Waals surface area contributed by atoms with Crippen LogP contribution in [0, 0.1) is 6.92 Å². The van der Waals surface area contributed by atoms with Gasteiger partial charge in [0.25, 0.3) is 0 Å². The zero-order chi connectivity index (χ0) is 13.1.